The quantitative estimate of drug-likeness (QED) is 0.546. The van der Waals surface area contributed by atoms with Gasteiger partial charge in [-0.3, -0.25) is 4.90 Å². The van der Waals surface area contributed by atoms with Crippen molar-refractivity contribution in [2.75, 3.05) is 24.3 Å². The Hall–Kier alpha value is -3.54. The van der Waals surface area contributed by atoms with E-state index in [0.717, 1.165) is 34.9 Å². The van der Waals surface area contributed by atoms with Gasteiger partial charge in [-0.2, -0.15) is 14.3 Å². The van der Waals surface area contributed by atoms with E-state index in [2.05, 4.69) is 49.8 Å². The van der Waals surface area contributed by atoms with E-state index in [1.54, 1.807) is 18.2 Å². The van der Waals surface area contributed by atoms with E-state index in [-0.39, 0.29) is 23.3 Å². The Morgan fingerprint density at radius 2 is 2.09 bits per heavy atom. The van der Waals surface area contributed by atoms with Crippen LogP contribution in [0.3, 0.4) is 0 Å². The van der Waals surface area contributed by atoms with Gasteiger partial charge in [-0.15, -0.1) is 0 Å². The molecule has 11 nitrogen and oxygen atoms in total. The van der Waals surface area contributed by atoms with Crippen LogP contribution in [0.15, 0.2) is 29.2 Å². The molecule has 2 aromatic heterocycles. The molecule has 0 aliphatic carbocycles. The van der Waals surface area contributed by atoms with E-state index in [0.29, 0.717) is 23.2 Å². The van der Waals surface area contributed by atoms with Gasteiger partial charge in [-0.05, 0) is 74.7 Å². The van der Waals surface area contributed by atoms with Crippen LogP contribution in [0.4, 0.5) is 21.8 Å². The van der Waals surface area contributed by atoms with Crippen molar-refractivity contribution < 1.29 is 9.13 Å². The molecule has 186 valence electrons. The molecule has 2 aliphatic rings. The third-order valence-electron chi connectivity index (χ3n) is 6.93. The van der Waals surface area contributed by atoms with Crippen molar-refractivity contribution in [1.29, 1.82) is 0 Å². The summed E-state index contributed by atoms with van der Waals surface area (Å²) in [5.41, 5.74) is 0.624. The fourth-order valence-corrected chi connectivity index (χ4v) is 5.37. The number of hydrogen-bond donors (Lipinski definition) is 2. The summed E-state index contributed by atoms with van der Waals surface area (Å²) in [7, 11) is 3.02. The Morgan fingerprint density at radius 1 is 1.26 bits per heavy atom. The summed E-state index contributed by atoms with van der Waals surface area (Å²) in [5.74, 6) is 0.354. The lowest BCUT2D eigenvalue weighted by Crippen LogP contribution is -2.55. The SMILES string of the molecule is COc1ccc(Nc2ncc(F)c(N[C@@H]3C[C@H]4CCCN4C(C)(C)C3)n2)cc1-n1nnn(C)c1=O. The van der Waals surface area contributed by atoms with Crippen LogP contribution in [-0.4, -0.2) is 65.9 Å². The highest BCUT2D eigenvalue weighted by Crippen LogP contribution is 2.38. The van der Waals surface area contributed by atoms with Gasteiger partial charge in [-0.25, -0.2) is 14.2 Å². The van der Waals surface area contributed by atoms with Crippen LogP contribution in [0.5, 0.6) is 5.75 Å². The van der Waals surface area contributed by atoms with Crippen molar-refractivity contribution >= 4 is 17.5 Å². The molecule has 12 heteroatoms. The van der Waals surface area contributed by atoms with Gasteiger partial charge in [0.15, 0.2) is 11.6 Å². The maximum absolute atomic E-state index is 14.7. The minimum Gasteiger partial charge on any atom is -0.494 e. The number of aromatic nitrogens is 6. The van der Waals surface area contributed by atoms with E-state index in [9.17, 15) is 9.18 Å². The highest BCUT2D eigenvalue weighted by atomic mass is 19.1. The summed E-state index contributed by atoms with van der Waals surface area (Å²) < 4.78 is 22.3. The number of nitrogens with zero attached hydrogens (tertiary/aromatic N) is 7. The molecule has 0 amide bonds. The number of methoxy groups -OCH3 is 1. The molecular weight excluding hydrogens is 453 g/mol. The molecule has 4 heterocycles. The molecule has 0 unspecified atom stereocenters. The Bertz CT molecular complexity index is 1290. The Morgan fingerprint density at radius 3 is 2.83 bits per heavy atom. The van der Waals surface area contributed by atoms with E-state index in [1.807, 2.05) is 0 Å². The van der Waals surface area contributed by atoms with Crippen LogP contribution in [0.1, 0.15) is 39.5 Å². The first-order chi connectivity index (χ1) is 16.7. The number of rotatable bonds is 6. The lowest BCUT2D eigenvalue weighted by molar-refractivity contribution is 0.0500. The largest absolute Gasteiger partial charge is 0.494 e. The third kappa shape index (κ3) is 4.45. The third-order valence-corrected chi connectivity index (χ3v) is 6.93. The lowest BCUT2D eigenvalue weighted by Gasteiger charge is -2.47. The number of halogens is 1. The Balaban J connectivity index is 1.37. The van der Waals surface area contributed by atoms with Crippen LogP contribution in [0.2, 0.25) is 0 Å². The van der Waals surface area contributed by atoms with Gasteiger partial charge >= 0.3 is 5.69 Å². The molecule has 2 fully saturated rings. The maximum Gasteiger partial charge on any atom is 0.368 e. The highest BCUT2D eigenvalue weighted by Gasteiger charge is 2.43. The van der Waals surface area contributed by atoms with Gasteiger partial charge in [-0.1, -0.05) is 0 Å². The minimum absolute atomic E-state index is 0.0551. The fraction of sp³-hybridized carbons (Fsp3) is 0.522. The molecule has 0 radical (unpaired) electrons. The first-order valence-corrected chi connectivity index (χ1v) is 11.8. The highest BCUT2D eigenvalue weighted by molar-refractivity contribution is 5.62. The number of piperidine rings is 1. The first-order valence-electron chi connectivity index (χ1n) is 11.8. The van der Waals surface area contributed by atoms with Gasteiger partial charge in [0.1, 0.15) is 11.4 Å². The summed E-state index contributed by atoms with van der Waals surface area (Å²) in [6, 6.07) is 5.76. The van der Waals surface area contributed by atoms with Crippen LogP contribution >= 0.6 is 0 Å². The number of aryl methyl sites for hydroxylation is 1. The van der Waals surface area contributed by atoms with E-state index in [1.165, 1.54) is 27.0 Å². The zero-order valence-electron chi connectivity index (χ0n) is 20.3. The molecule has 0 saturated carbocycles. The van der Waals surface area contributed by atoms with Crippen molar-refractivity contribution in [2.45, 2.75) is 57.2 Å². The number of tetrazole rings is 1. The molecule has 2 atom stereocenters. The van der Waals surface area contributed by atoms with E-state index >= 15 is 0 Å². The number of ether oxygens (including phenoxy) is 1. The Kier molecular flexibility index (Phi) is 5.91. The fourth-order valence-electron chi connectivity index (χ4n) is 5.37. The van der Waals surface area contributed by atoms with Crippen LogP contribution in [-0.2, 0) is 7.05 Å². The summed E-state index contributed by atoms with van der Waals surface area (Å²) in [4.78, 5) is 23.4. The van der Waals surface area contributed by atoms with Crippen molar-refractivity contribution in [1.82, 2.24) is 34.7 Å². The normalized spacial score (nSPS) is 21.5. The molecule has 2 N–H and O–H groups in total. The second-order valence-electron chi connectivity index (χ2n) is 9.78. The molecule has 2 saturated heterocycles. The predicted octanol–water partition coefficient (Wildman–Crippen LogP) is 2.46. The van der Waals surface area contributed by atoms with Gasteiger partial charge in [0.2, 0.25) is 5.95 Å². The number of nitrogens with one attached hydrogen (secondary N) is 2. The smallest absolute Gasteiger partial charge is 0.368 e. The first kappa shape index (κ1) is 23.2. The molecule has 3 aromatic rings. The van der Waals surface area contributed by atoms with Gasteiger partial charge in [0.05, 0.1) is 13.3 Å². The van der Waals surface area contributed by atoms with Crippen LogP contribution in [0.25, 0.3) is 5.69 Å². The molecule has 2 aliphatic heterocycles. The van der Waals surface area contributed by atoms with Crippen molar-refractivity contribution in [3.63, 3.8) is 0 Å². The van der Waals surface area contributed by atoms with Crippen LogP contribution in [0, 0.1) is 5.82 Å². The zero-order chi connectivity index (χ0) is 24.7. The van der Waals surface area contributed by atoms with E-state index < -0.39 is 11.5 Å². The standard InChI is InChI=1S/C23H30FN9O2/c1-23(2)12-15(10-16-6-5-9-32(16)23)26-20-17(24)13-25-21(28-20)27-14-7-8-19(35-4)18(11-14)33-22(34)31(3)29-30-33/h7-8,11,13,15-16H,5-6,9-10,12H2,1-4H3,(H2,25,26,27,28)/t15-,16-/m1/s1. The van der Waals surface area contributed by atoms with Gasteiger partial charge < -0.3 is 15.4 Å². The average molecular weight is 484 g/mol. The van der Waals surface area contributed by atoms with Gasteiger partial charge in [0.25, 0.3) is 0 Å². The second kappa shape index (κ2) is 8.91. The summed E-state index contributed by atoms with van der Waals surface area (Å²) in [6.45, 7) is 5.64. The van der Waals surface area contributed by atoms with Crippen molar-refractivity contribution in [3.8, 4) is 11.4 Å². The summed E-state index contributed by atoms with van der Waals surface area (Å²) in [5, 5.41) is 14.1. The van der Waals surface area contributed by atoms with E-state index in [4.69, 9.17) is 4.74 Å². The molecule has 5 rings (SSSR count). The van der Waals surface area contributed by atoms with Gasteiger partial charge in [0, 0.05) is 30.4 Å². The zero-order valence-corrected chi connectivity index (χ0v) is 20.3. The topological polar surface area (TPSA) is 115 Å². The molecule has 35 heavy (non-hydrogen) atoms. The van der Waals surface area contributed by atoms with Crippen molar-refractivity contribution in [2.24, 2.45) is 7.05 Å². The molecule has 0 spiro atoms. The average Bonchev–Trinajstić information content (AvgIpc) is 3.43. The predicted molar refractivity (Wildman–Crippen MR) is 129 cm³/mol. The number of hydrogen-bond acceptors (Lipinski definition) is 9. The minimum atomic E-state index is -0.497. The number of anilines is 3. The molecule has 0 bridgehead atoms. The number of fused-ring (bicyclic) bond motifs is 1. The Labute approximate surface area is 202 Å². The number of benzene rings is 1. The maximum atomic E-state index is 14.7. The monoisotopic (exact) mass is 483 g/mol. The second-order valence-corrected chi connectivity index (χ2v) is 9.78. The molecular formula is C23H30FN9O2. The lowest BCUT2D eigenvalue weighted by atomic mass is 9.84. The van der Waals surface area contributed by atoms with Crippen molar-refractivity contribution in [3.05, 3.63) is 40.7 Å². The summed E-state index contributed by atoms with van der Waals surface area (Å²) >= 11 is 0. The molecule has 1 aromatic carbocycles. The summed E-state index contributed by atoms with van der Waals surface area (Å²) in [6.07, 6.45) is 5.41. The van der Waals surface area contributed by atoms with Crippen LogP contribution < -0.4 is 21.1 Å².